The smallest absolute Gasteiger partial charge is 0.454 e. The average Bonchev–Trinajstić information content (AvgIpc) is 2.62. The molecule has 2 aromatic rings. The summed E-state index contributed by atoms with van der Waals surface area (Å²) in [6.45, 7) is 0.339. The molecule has 0 radical (unpaired) electrons. The van der Waals surface area contributed by atoms with Crippen molar-refractivity contribution in [2.24, 2.45) is 0 Å². The van der Waals surface area contributed by atoms with Gasteiger partial charge in [-0.15, -0.1) is 0 Å². The van der Waals surface area contributed by atoms with Crippen LogP contribution in [0.2, 0.25) is 0 Å². The summed E-state index contributed by atoms with van der Waals surface area (Å²) in [4.78, 5) is 12.0. The number of hydrogen-bond acceptors (Lipinski definition) is 2. The number of benzene rings is 2. The zero-order chi connectivity index (χ0) is 20.1. The van der Waals surface area contributed by atoms with Gasteiger partial charge in [-0.05, 0) is 36.2 Å². The van der Waals surface area contributed by atoms with Crippen molar-refractivity contribution >= 4 is 5.91 Å². The molecule has 2 rings (SSSR count). The minimum absolute atomic E-state index is 0.119. The van der Waals surface area contributed by atoms with E-state index in [2.05, 4.69) is 10.1 Å². The van der Waals surface area contributed by atoms with Gasteiger partial charge in [-0.3, -0.25) is 4.79 Å². The quantitative estimate of drug-likeness (QED) is 0.705. The number of alkyl halides is 6. The highest BCUT2D eigenvalue weighted by Crippen LogP contribution is 2.40. The number of nitrogens with one attached hydrogen (secondary N) is 1. The third-order valence-electron chi connectivity index (χ3n) is 3.56. The Bertz CT molecular complexity index is 747. The predicted molar refractivity (Wildman–Crippen MR) is 85.4 cm³/mol. The van der Waals surface area contributed by atoms with Crippen LogP contribution in [0.1, 0.15) is 15.9 Å². The van der Waals surface area contributed by atoms with Crippen LogP contribution in [0.5, 0.6) is 5.75 Å². The second kappa shape index (κ2) is 8.32. The number of rotatable bonds is 7. The van der Waals surface area contributed by atoms with Gasteiger partial charge in [0.25, 0.3) is 5.91 Å². The number of carbonyl (C=O) groups excluding carboxylic acids is 1. The molecule has 0 aliphatic heterocycles. The lowest BCUT2D eigenvalue weighted by Crippen LogP contribution is -2.47. The molecular weight excluding hydrogens is 376 g/mol. The van der Waals surface area contributed by atoms with E-state index in [-0.39, 0.29) is 5.56 Å². The van der Waals surface area contributed by atoms with Crippen LogP contribution in [0.3, 0.4) is 0 Å². The van der Waals surface area contributed by atoms with Crippen LogP contribution >= 0.6 is 0 Å². The third kappa shape index (κ3) is 5.38. The molecule has 0 aliphatic rings. The van der Waals surface area contributed by atoms with Crippen molar-refractivity contribution in [1.29, 1.82) is 0 Å². The predicted octanol–water partition coefficient (Wildman–Crippen LogP) is 4.53. The van der Waals surface area contributed by atoms with Crippen LogP contribution in [-0.4, -0.2) is 30.9 Å². The van der Waals surface area contributed by atoms with E-state index in [1.807, 2.05) is 30.3 Å². The van der Waals surface area contributed by atoms with Crippen molar-refractivity contribution in [2.45, 2.75) is 24.9 Å². The Balaban J connectivity index is 1.89. The highest BCUT2D eigenvalue weighted by atomic mass is 19.4. The second-order valence-electron chi connectivity index (χ2n) is 5.57. The molecule has 0 saturated heterocycles. The molecule has 1 amide bonds. The fraction of sp³-hybridized carbons (Fsp3) is 0.278. The Morgan fingerprint density at radius 2 is 1.56 bits per heavy atom. The van der Waals surface area contributed by atoms with Crippen LogP contribution in [0.4, 0.5) is 26.3 Å². The molecule has 0 aliphatic carbocycles. The molecule has 9 heteroatoms. The van der Waals surface area contributed by atoms with Gasteiger partial charge in [-0.25, -0.2) is 0 Å². The van der Waals surface area contributed by atoms with Crippen molar-refractivity contribution in [3.8, 4) is 5.75 Å². The Kier molecular flexibility index (Phi) is 6.35. The summed E-state index contributed by atoms with van der Waals surface area (Å²) in [5.74, 6) is -6.69. The van der Waals surface area contributed by atoms with Gasteiger partial charge >= 0.3 is 18.5 Å². The van der Waals surface area contributed by atoms with Crippen LogP contribution in [0.15, 0.2) is 54.6 Å². The van der Waals surface area contributed by atoms with Gasteiger partial charge in [-0.2, -0.15) is 26.3 Å². The van der Waals surface area contributed by atoms with E-state index in [1.165, 1.54) is 0 Å². The molecule has 0 spiro atoms. The number of carbonyl (C=O) groups is 1. The maximum atomic E-state index is 13.2. The van der Waals surface area contributed by atoms with Crippen LogP contribution in [-0.2, 0) is 6.42 Å². The molecule has 146 valence electrons. The first-order chi connectivity index (χ1) is 12.6. The topological polar surface area (TPSA) is 38.3 Å². The van der Waals surface area contributed by atoms with Gasteiger partial charge in [0.2, 0.25) is 0 Å². The first-order valence-electron chi connectivity index (χ1n) is 7.78. The van der Waals surface area contributed by atoms with E-state index < -0.39 is 30.1 Å². The van der Waals surface area contributed by atoms with Crippen LogP contribution < -0.4 is 10.1 Å². The minimum Gasteiger partial charge on any atom is -0.454 e. The lowest BCUT2D eigenvalue weighted by atomic mass is 10.1. The highest BCUT2D eigenvalue weighted by molar-refractivity contribution is 5.94. The monoisotopic (exact) mass is 391 g/mol. The number of hydrogen-bond donors (Lipinski definition) is 1. The summed E-state index contributed by atoms with van der Waals surface area (Å²) in [6, 6.07) is 13.5. The Morgan fingerprint density at radius 1 is 0.963 bits per heavy atom. The largest absolute Gasteiger partial charge is 0.460 e. The van der Waals surface area contributed by atoms with Crippen LogP contribution in [0, 0.1) is 0 Å². The molecule has 0 saturated carbocycles. The summed E-state index contributed by atoms with van der Waals surface area (Å²) in [5.41, 5.74) is 1.13. The van der Waals surface area contributed by atoms with Gasteiger partial charge in [0.05, 0.1) is 0 Å². The number of halogens is 6. The van der Waals surface area contributed by atoms with E-state index in [1.54, 1.807) is 0 Å². The van der Waals surface area contributed by atoms with Gasteiger partial charge < -0.3 is 10.1 Å². The zero-order valence-electron chi connectivity index (χ0n) is 13.8. The van der Waals surface area contributed by atoms with Crippen molar-refractivity contribution in [3.63, 3.8) is 0 Å². The summed E-state index contributed by atoms with van der Waals surface area (Å²) < 4.78 is 79.0. The first kappa shape index (κ1) is 20.6. The Hall–Kier alpha value is -2.71. The zero-order valence-corrected chi connectivity index (χ0v) is 13.8. The van der Waals surface area contributed by atoms with Gasteiger partial charge in [-0.1, -0.05) is 30.3 Å². The molecule has 3 nitrogen and oxygen atoms in total. The van der Waals surface area contributed by atoms with Gasteiger partial charge in [0.1, 0.15) is 5.75 Å². The molecule has 1 atom stereocenters. The normalized spacial score (nSPS) is 13.1. The standard InChI is InChI=1S/C18H15F6NO2/c19-16(17(20,21)18(22,23)24)27-14-8-6-13(7-9-14)15(26)25-11-10-12-4-2-1-3-5-12/h1-9,16H,10-11H2,(H,25,26)/t16-/m0/s1. The van der Waals surface area contributed by atoms with Gasteiger partial charge in [0.15, 0.2) is 0 Å². The van der Waals surface area contributed by atoms with Crippen molar-refractivity contribution in [3.05, 3.63) is 65.7 Å². The van der Waals surface area contributed by atoms with Crippen molar-refractivity contribution < 1.29 is 35.9 Å². The lowest BCUT2D eigenvalue weighted by molar-refractivity contribution is -0.328. The van der Waals surface area contributed by atoms with E-state index in [0.717, 1.165) is 29.8 Å². The van der Waals surface area contributed by atoms with Crippen molar-refractivity contribution in [2.75, 3.05) is 6.54 Å². The molecule has 0 bridgehead atoms. The molecule has 27 heavy (non-hydrogen) atoms. The molecule has 0 aromatic heterocycles. The fourth-order valence-corrected chi connectivity index (χ4v) is 2.07. The summed E-state index contributed by atoms with van der Waals surface area (Å²) in [6.07, 6.45) is -9.39. The van der Waals surface area contributed by atoms with E-state index >= 15 is 0 Å². The molecule has 0 fully saturated rings. The van der Waals surface area contributed by atoms with Gasteiger partial charge in [0, 0.05) is 12.1 Å². The number of amides is 1. The Labute approximate surface area is 150 Å². The maximum Gasteiger partial charge on any atom is 0.460 e. The SMILES string of the molecule is O=C(NCCc1ccccc1)c1ccc(O[C@H](F)C(F)(F)C(F)(F)F)cc1. The summed E-state index contributed by atoms with van der Waals surface area (Å²) >= 11 is 0. The molecule has 1 N–H and O–H groups in total. The van der Waals surface area contributed by atoms with E-state index in [0.29, 0.717) is 13.0 Å². The molecule has 0 heterocycles. The summed E-state index contributed by atoms with van der Waals surface area (Å²) in [5, 5.41) is 2.63. The lowest BCUT2D eigenvalue weighted by Gasteiger charge is -2.23. The first-order valence-corrected chi connectivity index (χ1v) is 7.78. The Morgan fingerprint density at radius 3 is 2.11 bits per heavy atom. The fourth-order valence-electron chi connectivity index (χ4n) is 2.07. The third-order valence-corrected chi connectivity index (χ3v) is 3.56. The van der Waals surface area contributed by atoms with Crippen molar-refractivity contribution in [1.82, 2.24) is 5.32 Å². The second-order valence-corrected chi connectivity index (χ2v) is 5.57. The number of ether oxygens (including phenoxy) is 1. The summed E-state index contributed by atoms with van der Waals surface area (Å²) in [7, 11) is 0. The van der Waals surface area contributed by atoms with E-state index in [9.17, 15) is 31.1 Å². The van der Waals surface area contributed by atoms with Crippen LogP contribution in [0.25, 0.3) is 0 Å². The maximum absolute atomic E-state index is 13.2. The molecule has 2 aromatic carbocycles. The molecular formula is C18H15F6NO2. The highest BCUT2D eigenvalue weighted by Gasteiger charge is 2.65. The molecule has 0 unspecified atom stereocenters. The minimum atomic E-state index is -6.08. The van der Waals surface area contributed by atoms with E-state index in [4.69, 9.17) is 0 Å². The average molecular weight is 391 g/mol.